The van der Waals surface area contributed by atoms with E-state index in [1.165, 1.54) is 16.2 Å². The Labute approximate surface area is 127 Å². The minimum atomic E-state index is -1.10. The Bertz CT molecular complexity index is 708. The van der Waals surface area contributed by atoms with Crippen LogP contribution in [-0.2, 0) is 4.79 Å². The Hall–Kier alpha value is -1.88. The van der Waals surface area contributed by atoms with Gasteiger partial charge in [-0.2, -0.15) is 0 Å². The fraction of sp³-hybridized carbons (Fsp3) is 0.375. The van der Waals surface area contributed by atoms with Crippen molar-refractivity contribution < 1.29 is 14.7 Å². The van der Waals surface area contributed by atoms with Crippen molar-refractivity contribution in [2.75, 3.05) is 6.54 Å². The van der Waals surface area contributed by atoms with E-state index in [2.05, 4.69) is 0 Å². The number of carboxylic acids is 1. The summed E-state index contributed by atoms with van der Waals surface area (Å²) in [5.74, 6) is -1.09. The Morgan fingerprint density at radius 1 is 1.29 bits per heavy atom. The van der Waals surface area contributed by atoms with E-state index >= 15 is 0 Å². The lowest BCUT2D eigenvalue weighted by Gasteiger charge is -2.41. The number of carbonyl (C=O) groups excluding carboxylic acids is 1. The number of piperidine rings is 1. The zero-order valence-electron chi connectivity index (χ0n) is 11.8. The highest BCUT2D eigenvalue weighted by Gasteiger charge is 2.44. The van der Waals surface area contributed by atoms with Crippen molar-refractivity contribution in [2.45, 2.75) is 31.7 Å². The van der Waals surface area contributed by atoms with Gasteiger partial charge in [0.15, 0.2) is 0 Å². The molecule has 0 saturated carbocycles. The molecule has 21 heavy (non-hydrogen) atoms. The van der Waals surface area contributed by atoms with Crippen molar-refractivity contribution >= 4 is 33.3 Å². The summed E-state index contributed by atoms with van der Waals surface area (Å²) in [6.07, 6.45) is 2.21. The van der Waals surface area contributed by atoms with E-state index in [0.717, 1.165) is 22.9 Å². The average molecular weight is 303 g/mol. The molecule has 2 aromatic rings. The van der Waals surface area contributed by atoms with Gasteiger partial charge in [0.05, 0.1) is 5.56 Å². The molecule has 1 aliphatic heterocycles. The van der Waals surface area contributed by atoms with Crippen LogP contribution in [0.25, 0.3) is 10.1 Å². The molecule has 1 N–H and O–H groups in total. The van der Waals surface area contributed by atoms with Crippen LogP contribution in [0.5, 0.6) is 0 Å². The molecular formula is C16H17NO3S. The van der Waals surface area contributed by atoms with Crippen LogP contribution in [0.15, 0.2) is 29.6 Å². The minimum Gasteiger partial charge on any atom is -0.480 e. The minimum absolute atomic E-state index is 0.169. The molecule has 2 heterocycles. The second-order valence-corrected chi connectivity index (χ2v) is 6.55. The number of nitrogens with zero attached hydrogens (tertiary/aromatic N) is 1. The summed E-state index contributed by atoms with van der Waals surface area (Å²) in [6, 6.07) is 7.73. The van der Waals surface area contributed by atoms with Crippen molar-refractivity contribution in [3.05, 3.63) is 35.2 Å². The van der Waals surface area contributed by atoms with Gasteiger partial charge in [-0.1, -0.05) is 18.2 Å². The van der Waals surface area contributed by atoms with E-state index in [-0.39, 0.29) is 5.91 Å². The molecule has 1 atom stereocenters. The van der Waals surface area contributed by atoms with Gasteiger partial charge in [0.25, 0.3) is 5.91 Å². The van der Waals surface area contributed by atoms with Crippen LogP contribution in [0.4, 0.5) is 0 Å². The first kappa shape index (κ1) is 14.1. The third kappa shape index (κ3) is 2.21. The highest BCUT2D eigenvalue weighted by Crippen LogP contribution is 2.33. The summed E-state index contributed by atoms with van der Waals surface area (Å²) < 4.78 is 1.05. The first-order valence-electron chi connectivity index (χ1n) is 7.05. The largest absolute Gasteiger partial charge is 0.480 e. The smallest absolute Gasteiger partial charge is 0.329 e. The van der Waals surface area contributed by atoms with Crippen LogP contribution in [0.3, 0.4) is 0 Å². The molecule has 5 heteroatoms. The molecule has 1 fully saturated rings. The molecule has 1 aliphatic rings. The quantitative estimate of drug-likeness (QED) is 0.925. The van der Waals surface area contributed by atoms with Crippen LogP contribution in [0.2, 0.25) is 0 Å². The summed E-state index contributed by atoms with van der Waals surface area (Å²) in [5.41, 5.74) is -0.483. The number of fused-ring (bicyclic) bond motifs is 1. The molecule has 0 bridgehead atoms. The summed E-state index contributed by atoms with van der Waals surface area (Å²) in [7, 11) is 0. The number of amides is 1. The number of rotatable bonds is 2. The van der Waals surface area contributed by atoms with Crippen molar-refractivity contribution in [1.82, 2.24) is 4.90 Å². The molecular weight excluding hydrogens is 286 g/mol. The zero-order chi connectivity index (χ0) is 15.0. The van der Waals surface area contributed by atoms with Crippen LogP contribution in [0, 0.1) is 0 Å². The predicted molar refractivity (Wildman–Crippen MR) is 82.8 cm³/mol. The van der Waals surface area contributed by atoms with Gasteiger partial charge in [0.1, 0.15) is 5.54 Å². The maximum Gasteiger partial charge on any atom is 0.329 e. The second-order valence-electron chi connectivity index (χ2n) is 5.64. The van der Waals surface area contributed by atoms with Crippen LogP contribution in [0.1, 0.15) is 36.5 Å². The number of carboxylic acid groups (broad SMARTS) is 1. The summed E-state index contributed by atoms with van der Waals surface area (Å²) in [6.45, 7) is 2.16. The molecule has 3 rings (SSSR count). The predicted octanol–water partition coefficient (Wildman–Crippen LogP) is 3.37. The van der Waals surface area contributed by atoms with Gasteiger partial charge in [-0.25, -0.2) is 4.79 Å². The monoisotopic (exact) mass is 303 g/mol. The first-order valence-corrected chi connectivity index (χ1v) is 7.93. The van der Waals surface area contributed by atoms with Gasteiger partial charge < -0.3 is 10.0 Å². The van der Waals surface area contributed by atoms with Crippen molar-refractivity contribution in [3.8, 4) is 0 Å². The third-order valence-electron chi connectivity index (χ3n) is 4.31. The number of benzene rings is 1. The molecule has 1 saturated heterocycles. The molecule has 1 aromatic heterocycles. The maximum absolute atomic E-state index is 12.9. The molecule has 1 amide bonds. The van der Waals surface area contributed by atoms with Crippen LogP contribution >= 0.6 is 11.3 Å². The van der Waals surface area contributed by atoms with Gasteiger partial charge in [0.2, 0.25) is 0 Å². The summed E-state index contributed by atoms with van der Waals surface area (Å²) in [5, 5.41) is 12.3. The molecule has 4 nitrogen and oxygen atoms in total. The van der Waals surface area contributed by atoms with E-state index in [9.17, 15) is 14.7 Å². The fourth-order valence-corrected chi connectivity index (χ4v) is 3.89. The van der Waals surface area contributed by atoms with E-state index in [4.69, 9.17) is 0 Å². The lowest BCUT2D eigenvalue weighted by Crippen LogP contribution is -2.57. The van der Waals surface area contributed by atoms with Crippen molar-refractivity contribution in [3.63, 3.8) is 0 Å². The highest BCUT2D eigenvalue weighted by atomic mass is 32.1. The van der Waals surface area contributed by atoms with E-state index in [1.807, 2.05) is 29.6 Å². The molecule has 1 aromatic carbocycles. The molecule has 0 aliphatic carbocycles. The van der Waals surface area contributed by atoms with E-state index in [0.29, 0.717) is 18.5 Å². The maximum atomic E-state index is 12.9. The standard InChI is InChI=1S/C16H17NO3S/c1-16(15(19)20)8-4-5-9-17(16)14(18)12-10-21-13-7-3-2-6-11(12)13/h2-3,6-7,10H,4-5,8-9H2,1H3,(H,19,20). The number of aliphatic carboxylic acids is 1. The molecule has 110 valence electrons. The van der Waals surface area contributed by atoms with Gasteiger partial charge >= 0.3 is 5.97 Å². The van der Waals surface area contributed by atoms with Crippen molar-refractivity contribution in [1.29, 1.82) is 0 Å². The average Bonchev–Trinajstić information content (AvgIpc) is 2.91. The lowest BCUT2D eigenvalue weighted by molar-refractivity contribution is -0.150. The van der Waals surface area contributed by atoms with E-state index < -0.39 is 11.5 Å². The Morgan fingerprint density at radius 2 is 2.05 bits per heavy atom. The zero-order valence-corrected chi connectivity index (χ0v) is 12.7. The Morgan fingerprint density at radius 3 is 2.81 bits per heavy atom. The van der Waals surface area contributed by atoms with Crippen LogP contribution in [-0.4, -0.2) is 34.0 Å². The molecule has 0 radical (unpaired) electrons. The lowest BCUT2D eigenvalue weighted by atomic mass is 9.88. The topological polar surface area (TPSA) is 57.6 Å². The number of hydrogen-bond acceptors (Lipinski definition) is 3. The number of carbonyl (C=O) groups is 2. The second kappa shape index (κ2) is 5.15. The SMILES string of the molecule is CC1(C(=O)O)CCCCN1C(=O)c1csc2ccccc12. The molecule has 1 unspecified atom stereocenters. The van der Waals surface area contributed by atoms with Crippen molar-refractivity contribution in [2.24, 2.45) is 0 Å². The van der Waals surface area contributed by atoms with Gasteiger partial charge in [-0.05, 0) is 32.3 Å². The van der Waals surface area contributed by atoms with Gasteiger partial charge in [0, 0.05) is 22.0 Å². The summed E-state index contributed by atoms with van der Waals surface area (Å²) in [4.78, 5) is 26.0. The van der Waals surface area contributed by atoms with E-state index in [1.54, 1.807) is 6.92 Å². The van der Waals surface area contributed by atoms with Crippen LogP contribution < -0.4 is 0 Å². The highest BCUT2D eigenvalue weighted by molar-refractivity contribution is 7.17. The fourth-order valence-electron chi connectivity index (χ4n) is 2.96. The Balaban J connectivity index is 2.02. The first-order chi connectivity index (χ1) is 10.0. The van der Waals surface area contributed by atoms with Gasteiger partial charge in [-0.3, -0.25) is 4.79 Å². The summed E-state index contributed by atoms with van der Waals surface area (Å²) >= 11 is 1.52. The third-order valence-corrected chi connectivity index (χ3v) is 5.27. The number of hydrogen-bond donors (Lipinski definition) is 1. The normalized spacial score (nSPS) is 22.4. The van der Waals surface area contributed by atoms with Gasteiger partial charge in [-0.15, -0.1) is 11.3 Å². The number of thiophene rings is 1. The number of likely N-dealkylation sites (tertiary alicyclic amines) is 1. The molecule has 0 spiro atoms. The Kier molecular flexibility index (Phi) is 3.45.